The number of thioether (sulfide) groups is 1. The number of fused-ring (bicyclic) bond motifs is 1. The predicted octanol–water partition coefficient (Wildman–Crippen LogP) is 7.91. The largest absolute Gasteiger partial charge is 0.272 e. The maximum Gasteiger partial charge on any atom is 0.253 e. The van der Waals surface area contributed by atoms with Crippen LogP contribution in [0.4, 0.5) is 0 Å². The summed E-state index contributed by atoms with van der Waals surface area (Å²) in [5.41, 5.74) is 4.39. The molecule has 5 rings (SSSR count). The number of hydrogen-bond acceptors (Lipinski definition) is 3. The van der Waals surface area contributed by atoms with E-state index in [4.69, 9.17) is 28.3 Å². The van der Waals surface area contributed by atoms with Crippen molar-refractivity contribution in [2.24, 2.45) is 11.0 Å². The van der Waals surface area contributed by atoms with Crippen molar-refractivity contribution in [1.29, 1.82) is 0 Å². The highest BCUT2D eigenvalue weighted by atomic mass is 35.5. The summed E-state index contributed by atoms with van der Waals surface area (Å²) >= 11 is 13.8. The fourth-order valence-electron chi connectivity index (χ4n) is 4.69. The monoisotopic (exact) mass is 506 g/mol. The van der Waals surface area contributed by atoms with E-state index < -0.39 is 0 Å². The van der Waals surface area contributed by atoms with Crippen molar-refractivity contribution in [2.45, 2.75) is 30.2 Å². The number of halogens is 2. The van der Waals surface area contributed by atoms with Crippen molar-refractivity contribution in [3.63, 3.8) is 0 Å². The molecule has 2 atom stereocenters. The molecule has 172 valence electrons. The molecule has 0 saturated heterocycles. The van der Waals surface area contributed by atoms with Gasteiger partial charge >= 0.3 is 0 Å². The van der Waals surface area contributed by atoms with Gasteiger partial charge in [0.25, 0.3) is 5.91 Å². The van der Waals surface area contributed by atoms with E-state index in [1.54, 1.807) is 16.8 Å². The first-order valence-electron chi connectivity index (χ1n) is 11.4. The molecule has 2 aliphatic rings. The van der Waals surface area contributed by atoms with Crippen LogP contribution in [0.15, 0.2) is 94.4 Å². The number of nitrogens with zero attached hydrogens (tertiary/aromatic N) is 2. The Morgan fingerprint density at radius 2 is 1.65 bits per heavy atom. The molecule has 1 heterocycles. The first kappa shape index (κ1) is 23.2. The lowest BCUT2D eigenvalue weighted by Gasteiger charge is -2.29. The molecule has 0 radical (unpaired) electrons. The van der Waals surface area contributed by atoms with Crippen molar-refractivity contribution >= 4 is 52.7 Å². The summed E-state index contributed by atoms with van der Waals surface area (Å²) in [6, 6.07) is 25.6. The normalized spacial score (nSPS) is 20.8. The van der Waals surface area contributed by atoms with Crippen molar-refractivity contribution < 1.29 is 4.79 Å². The first-order valence-corrected chi connectivity index (χ1v) is 13.1. The van der Waals surface area contributed by atoms with E-state index in [1.807, 2.05) is 78.9 Å². The summed E-state index contributed by atoms with van der Waals surface area (Å²) in [7, 11) is 0. The fraction of sp³-hybridized carbons (Fsp3) is 0.214. The number of hydrogen-bond donors (Lipinski definition) is 0. The van der Waals surface area contributed by atoms with E-state index in [0.29, 0.717) is 10.8 Å². The molecule has 3 nitrogen and oxygen atoms in total. The van der Waals surface area contributed by atoms with Gasteiger partial charge in [0.05, 0.1) is 17.5 Å². The van der Waals surface area contributed by atoms with E-state index in [9.17, 15) is 4.79 Å². The quantitative estimate of drug-likeness (QED) is 0.329. The van der Waals surface area contributed by atoms with Crippen LogP contribution in [0.1, 0.15) is 36.4 Å². The number of amides is 1. The van der Waals surface area contributed by atoms with Gasteiger partial charge in [0, 0.05) is 20.9 Å². The molecule has 0 bridgehead atoms. The molecule has 1 amide bonds. The van der Waals surface area contributed by atoms with Gasteiger partial charge in [-0.3, -0.25) is 4.79 Å². The summed E-state index contributed by atoms with van der Waals surface area (Å²) in [5.74, 6) is 0.522. The van der Waals surface area contributed by atoms with Crippen LogP contribution in [0.2, 0.25) is 10.0 Å². The molecule has 34 heavy (non-hydrogen) atoms. The Kier molecular flexibility index (Phi) is 7.10. The molecule has 0 N–H and O–H groups in total. The Morgan fingerprint density at radius 3 is 2.35 bits per heavy atom. The van der Waals surface area contributed by atoms with Gasteiger partial charge in [0.15, 0.2) is 0 Å². The second-order valence-electron chi connectivity index (χ2n) is 8.54. The number of allylic oxidation sites excluding steroid dienone is 1. The van der Waals surface area contributed by atoms with Crippen LogP contribution in [-0.2, 0) is 4.79 Å². The summed E-state index contributed by atoms with van der Waals surface area (Å²) in [4.78, 5) is 14.5. The van der Waals surface area contributed by atoms with E-state index in [2.05, 4.69) is 6.08 Å². The van der Waals surface area contributed by atoms with Crippen LogP contribution < -0.4 is 0 Å². The smallest absolute Gasteiger partial charge is 0.253 e. The number of hydrazone groups is 1. The number of carbonyl (C=O) groups excluding carboxylic acids is 1. The van der Waals surface area contributed by atoms with Gasteiger partial charge in [-0.2, -0.15) is 5.10 Å². The molecule has 2 unspecified atom stereocenters. The van der Waals surface area contributed by atoms with Crippen LogP contribution in [0, 0.1) is 5.92 Å². The predicted molar refractivity (Wildman–Crippen MR) is 142 cm³/mol. The van der Waals surface area contributed by atoms with E-state index in [-0.39, 0.29) is 17.9 Å². The van der Waals surface area contributed by atoms with Gasteiger partial charge in [0.2, 0.25) is 0 Å². The Bertz CT molecular complexity index is 1220. The molecule has 3 aromatic carbocycles. The molecule has 1 aliphatic heterocycles. The Balaban J connectivity index is 1.47. The molecule has 0 spiro atoms. The average molecular weight is 507 g/mol. The minimum atomic E-state index is -0.120. The van der Waals surface area contributed by atoms with Gasteiger partial charge in [-0.15, -0.1) is 11.8 Å². The lowest BCUT2D eigenvalue weighted by atomic mass is 9.77. The van der Waals surface area contributed by atoms with Crippen LogP contribution in [0.3, 0.4) is 0 Å². The van der Waals surface area contributed by atoms with Crippen LogP contribution in [0.25, 0.3) is 6.08 Å². The Morgan fingerprint density at radius 1 is 0.971 bits per heavy atom. The van der Waals surface area contributed by atoms with Crippen molar-refractivity contribution in [2.75, 3.05) is 5.75 Å². The first-order chi connectivity index (χ1) is 16.6. The highest BCUT2D eigenvalue weighted by molar-refractivity contribution is 8.00. The van der Waals surface area contributed by atoms with Crippen LogP contribution in [0.5, 0.6) is 0 Å². The zero-order chi connectivity index (χ0) is 23.5. The fourth-order valence-corrected chi connectivity index (χ4v) is 5.71. The van der Waals surface area contributed by atoms with E-state index >= 15 is 0 Å². The third-order valence-corrected chi connectivity index (χ3v) is 7.79. The highest BCUT2D eigenvalue weighted by Crippen LogP contribution is 2.45. The van der Waals surface area contributed by atoms with Gasteiger partial charge in [-0.05, 0) is 78.4 Å². The number of rotatable bonds is 5. The van der Waals surface area contributed by atoms with Gasteiger partial charge in [-0.1, -0.05) is 65.7 Å². The molecule has 6 heteroatoms. The van der Waals surface area contributed by atoms with E-state index in [1.165, 1.54) is 5.57 Å². The summed E-state index contributed by atoms with van der Waals surface area (Å²) in [5, 5.41) is 8.09. The van der Waals surface area contributed by atoms with Crippen molar-refractivity contribution in [3.05, 3.63) is 106 Å². The molecular weight excluding hydrogens is 483 g/mol. The third-order valence-electron chi connectivity index (χ3n) is 6.29. The van der Waals surface area contributed by atoms with Crippen LogP contribution >= 0.6 is 35.0 Å². The Labute approximate surface area is 214 Å². The zero-order valence-corrected chi connectivity index (χ0v) is 20.9. The van der Waals surface area contributed by atoms with Gasteiger partial charge in [0.1, 0.15) is 0 Å². The number of benzene rings is 3. The van der Waals surface area contributed by atoms with Gasteiger partial charge in [-0.25, -0.2) is 5.01 Å². The summed E-state index contributed by atoms with van der Waals surface area (Å²) in [6.07, 6.45) is 5.20. The minimum absolute atomic E-state index is 0.0153. The number of carbonyl (C=O) groups is 1. The average Bonchev–Trinajstić information content (AvgIpc) is 3.26. The van der Waals surface area contributed by atoms with Gasteiger partial charge < -0.3 is 0 Å². The third kappa shape index (κ3) is 5.10. The second kappa shape index (κ2) is 10.4. The highest BCUT2D eigenvalue weighted by Gasteiger charge is 2.43. The summed E-state index contributed by atoms with van der Waals surface area (Å²) < 4.78 is 0. The molecule has 1 saturated carbocycles. The summed E-state index contributed by atoms with van der Waals surface area (Å²) in [6.45, 7) is 0. The molecular formula is C28H24Cl2N2OS. The maximum absolute atomic E-state index is 13.5. The minimum Gasteiger partial charge on any atom is -0.272 e. The van der Waals surface area contributed by atoms with E-state index in [0.717, 1.165) is 46.0 Å². The molecule has 1 aliphatic carbocycles. The zero-order valence-electron chi connectivity index (χ0n) is 18.5. The maximum atomic E-state index is 13.5. The van der Waals surface area contributed by atoms with Crippen molar-refractivity contribution in [1.82, 2.24) is 5.01 Å². The van der Waals surface area contributed by atoms with Crippen LogP contribution in [-0.4, -0.2) is 22.4 Å². The lowest BCUT2D eigenvalue weighted by molar-refractivity contribution is -0.130. The Hall–Kier alpha value is -2.53. The lowest BCUT2D eigenvalue weighted by Crippen LogP contribution is -2.32. The van der Waals surface area contributed by atoms with Crippen molar-refractivity contribution in [3.8, 4) is 0 Å². The topological polar surface area (TPSA) is 32.7 Å². The standard InChI is InChI=1S/C28H24Cl2N2OS/c29-22-13-9-19(10-14-22)17-21-5-4-8-25-27(21)31-32(28(25)20-11-15-23(30)16-12-20)26(33)18-34-24-6-2-1-3-7-24/h1-3,6-7,9-17,25,28H,4-5,8,18H2. The molecule has 3 aromatic rings. The SMILES string of the molecule is O=C(CSc1ccccc1)N1N=C2C(=Cc3ccc(Cl)cc3)CCCC2C1c1ccc(Cl)cc1. The molecule has 1 fully saturated rings. The second-order valence-corrected chi connectivity index (χ2v) is 10.5. The molecule has 0 aromatic heterocycles.